The molecule has 96 valence electrons. The van der Waals surface area contributed by atoms with E-state index in [0.29, 0.717) is 6.61 Å². The summed E-state index contributed by atoms with van der Waals surface area (Å²) in [5.74, 6) is 2.65. The SMILES string of the molecule is COc1cc([C@@H](C)N)ccc1OCCCSC. The Balaban J connectivity index is 2.65. The minimum absolute atomic E-state index is 0.00874. The maximum atomic E-state index is 5.83. The summed E-state index contributed by atoms with van der Waals surface area (Å²) in [6, 6.07) is 5.86. The number of methoxy groups -OCH3 is 1. The number of benzene rings is 1. The van der Waals surface area contributed by atoms with E-state index in [4.69, 9.17) is 15.2 Å². The van der Waals surface area contributed by atoms with Gasteiger partial charge in [0.05, 0.1) is 13.7 Å². The maximum Gasteiger partial charge on any atom is 0.161 e. The first-order valence-electron chi connectivity index (χ1n) is 5.74. The molecule has 0 saturated heterocycles. The molecule has 0 bridgehead atoms. The zero-order chi connectivity index (χ0) is 12.7. The molecular formula is C13H21NO2S. The largest absolute Gasteiger partial charge is 0.493 e. The predicted molar refractivity (Wildman–Crippen MR) is 74.1 cm³/mol. The average Bonchev–Trinajstić information content (AvgIpc) is 2.34. The van der Waals surface area contributed by atoms with Gasteiger partial charge in [-0.1, -0.05) is 6.07 Å². The van der Waals surface area contributed by atoms with Crippen molar-refractivity contribution in [3.8, 4) is 11.5 Å². The monoisotopic (exact) mass is 255 g/mol. The second kappa shape index (κ2) is 7.45. The standard InChI is InChI=1S/C13H21NO2S/c1-10(14)11-5-6-12(13(9-11)15-2)16-7-4-8-17-3/h5-6,9-10H,4,7-8,14H2,1-3H3/t10-/m1/s1. The molecule has 1 atom stereocenters. The third-order valence-electron chi connectivity index (χ3n) is 2.46. The summed E-state index contributed by atoms with van der Waals surface area (Å²) in [7, 11) is 1.65. The molecule has 0 fully saturated rings. The van der Waals surface area contributed by atoms with Gasteiger partial charge in [-0.3, -0.25) is 0 Å². The van der Waals surface area contributed by atoms with E-state index >= 15 is 0 Å². The molecule has 0 radical (unpaired) electrons. The summed E-state index contributed by atoms with van der Waals surface area (Å²) < 4.78 is 11.0. The molecule has 17 heavy (non-hydrogen) atoms. The molecule has 2 N–H and O–H groups in total. The van der Waals surface area contributed by atoms with Crippen LogP contribution in [0.15, 0.2) is 18.2 Å². The van der Waals surface area contributed by atoms with Crippen LogP contribution >= 0.6 is 11.8 Å². The Hall–Kier alpha value is -0.870. The zero-order valence-corrected chi connectivity index (χ0v) is 11.5. The molecule has 0 amide bonds. The van der Waals surface area contributed by atoms with E-state index in [1.165, 1.54) is 0 Å². The smallest absolute Gasteiger partial charge is 0.161 e. The third kappa shape index (κ3) is 4.48. The molecule has 0 aliphatic rings. The lowest BCUT2D eigenvalue weighted by molar-refractivity contribution is 0.295. The van der Waals surface area contributed by atoms with E-state index in [1.54, 1.807) is 7.11 Å². The molecule has 3 nitrogen and oxygen atoms in total. The second-order valence-corrected chi connectivity index (χ2v) is 4.88. The summed E-state index contributed by atoms with van der Waals surface area (Å²) in [5, 5.41) is 0. The lowest BCUT2D eigenvalue weighted by Gasteiger charge is -2.13. The highest BCUT2D eigenvalue weighted by Crippen LogP contribution is 2.29. The molecule has 0 saturated carbocycles. The van der Waals surface area contributed by atoms with Crippen LogP contribution in [0.5, 0.6) is 11.5 Å². The van der Waals surface area contributed by atoms with Gasteiger partial charge in [-0.15, -0.1) is 0 Å². The first kappa shape index (κ1) is 14.2. The highest BCUT2D eigenvalue weighted by molar-refractivity contribution is 7.98. The van der Waals surface area contributed by atoms with Gasteiger partial charge in [0.25, 0.3) is 0 Å². The molecule has 0 aromatic heterocycles. The first-order valence-corrected chi connectivity index (χ1v) is 7.13. The van der Waals surface area contributed by atoms with Crippen LogP contribution in [0.4, 0.5) is 0 Å². The van der Waals surface area contributed by atoms with Crippen LogP contribution in [-0.2, 0) is 0 Å². The van der Waals surface area contributed by atoms with Crippen molar-refractivity contribution in [1.82, 2.24) is 0 Å². The fourth-order valence-corrected chi connectivity index (χ4v) is 1.88. The number of thioether (sulfide) groups is 1. The Kier molecular flexibility index (Phi) is 6.22. The van der Waals surface area contributed by atoms with Crippen molar-refractivity contribution in [3.05, 3.63) is 23.8 Å². The fraction of sp³-hybridized carbons (Fsp3) is 0.538. The van der Waals surface area contributed by atoms with Crippen LogP contribution in [0.2, 0.25) is 0 Å². The summed E-state index contributed by atoms with van der Waals surface area (Å²) >= 11 is 1.83. The second-order valence-electron chi connectivity index (χ2n) is 3.89. The van der Waals surface area contributed by atoms with E-state index in [1.807, 2.05) is 36.9 Å². The number of rotatable bonds is 7. The molecule has 1 rings (SSSR count). The van der Waals surface area contributed by atoms with Crippen LogP contribution < -0.4 is 15.2 Å². The molecule has 0 heterocycles. The van der Waals surface area contributed by atoms with Crippen molar-refractivity contribution in [1.29, 1.82) is 0 Å². The van der Waals surface area contributed by atoms with Crippen LogP contribution in [0.25, 0.3) is 0 Å². The molecule has 0 aliphatic carbocycles. The van der Waals surface area contributed by atoms with Crippen molar-refractivity contribution >= 4 is 11.8 Å². The summed E-state index contributed by atoms with van der Waals surface area (Å²) in [4.78, 5) is 0. The molecule has 1 aromatic carbocycles. The Labute approximate surface area is 108 Å². The minimum atomic E-state index is 0.00874. The van der Waals surface area contributed by atoms with Crippen LogP contribution in [-0.4, -0.2) is 25.7 Å². The highest BCUT2D eigenvalue weighted by Gasteiger charge is 2.07. The lowest BCUT2D eigenvalue weighted by Crippen LogP contribution is -2.06. The molecule has 0 aliphatic heterocycles. The van der Waals surface area contributed by atoms with Gasteiger partial charge in [-0.25, -0.2) is 0 Å². The molecule has 1 aromatic rings. The van der Waals surface area contributed by atoms with Gasteiger partial charge in [0, 0.05) is 6.04 Å². The number of ether oxygens (including phenoxy) is 2. The van der Waals surface area contributed by atoms with Crippen molar-refractivity contribution in [2.75, 3.05) is 25.7 Å². The van der Waals surface area contributed by atoms with Gasteiger partial charge >= 0.3 is 0 Å². The minimum Gasteiger partial charge on any atom is -0.493 e. The Morgan fingerprint density at radius 1 is 1.35 bits per heavy atom. The quantitative estimate of drug-likeness (QED) is 0.761. The van der Waals surface area contributed by atoms with E-state index in [9.17, 15) is 0 Å². The fourth-order valence-electron chi connectivity index (χ4n) is 1.47. The van der Waals surface area contributed by atoms with Crippen LogP contribution in [0.1, 0.15) is 24.9 Å². The normalized spacial score (nSPS) is 12.2. The molecule has 0 unspecified atom stereocenters. The average molecular weight is 255 g/mol. The zero-order valence-electron chi connectivity index (χ0n) is 10.7. The summed E-state index contributed by atoms with van der Waals surface area (Å²) in [6.45, 7) is 2.67. The van der Waals surface area contributed by atoms with Crippen molar-refractivity contribution in [3.63, 3.8) is 0 Å². The van der Waals surface area contributed by atoms with E-state index in [0.717, 1.165) is 29.2 Å². The Bertz CT molecular complexity index is 342. The van der Waals surface area contributed by atoms with Crippen molar-refractivity contribution in [2.24, 2.45) is 5.73 Å². The first-order chi connectivity index (χ1) is 8.19. The van der Waals surface area contributed by atoms with Crippen molar-refractivity contribution < 1.29 is 9.47 Å². The van der Waals surface area contributed by atoms with E-state index < -0.39 is 0 Å². The van der Waals surface area contributed by atoms with Gasteiger partial charge in [-0.05, 0) is 43.0 Å². The highest BCUT2D eigenvalue weighted by atomic mass is 32.2. The Morgan fingerprint density at radius 2 is 2.12 bits per heavy atom. The summed E-state index contributed by atoms with van der Waals surface area (Å²) in [6.07, 6.45) is 3.14. The third-order valence-corrected chi connectivity index (χ3v) is 3.16. The van der Waals surface area contributed by atoms with Crippen molar-refractivity contribution in [2.45, 2.75) is 19.4 Å². The van der Waals surface area contributed by atoms with Gasteiger partial charge < -0.3 is 15.2 Å². The lowest BCUT2D eigenvalue weighted by atomic mass is 10.1. The van der Waals surface area contributed by atoms with Gasteiger partial charge in [-0.2, -0.15) is 11.8 Å². The van der Waals surface area contributed by atoms with Crippen LogP contribution in [0.3, 0.4) is 0 Å². The molecular weight excluding hydrogens is 234 g/mol. The summed E-state index contributed by atoms with van der Waals surface area (Å²) in [5.41, 5.74) is 6.88. The van der Waals surface area contributed by atoms with Crippen LogP contribution in [0, 0.1) is 0 Å². The maximum absolute atomic E-state index is 5.83. The van der Waals surface area contributed by atoms with E-state index in [2.05, 4.69) is 6.26 Å². The number of hydrogen-bond acceptors (Lipinski definition) is 4. The number of nitrogens with two attached hydrogens (primary N) is 1. The topological polar surface area (TPSA) is 44.5 Å². The molecule has 0 spiro atoms. The Morgan fingerprint density at radius 3 is 2.71 bits per heavy atom. The van der Waals surface area contributed by atoms with E-state index in [-0.39, 0.29) is 6.04 Å². The number of hydrogen-bond donors (Lipinski definition) is 1. The van der Waals surface area contributed by atoms with Gasteiger partial charge in [0.15, 0.2) is 11.5 Å². The predicted octanol–water partition coefficient (Wildman–Crippen LogP) is 2.85. The van der Waals surface area contributed by atoms with Gasteiger partial charge in [0.2, 0.25) is 0 Å². The molecule has 4 heteroatoms. The van der Waals surface area contributed by atoms with Gasteiger partial charge in [0.1, 0.15) is 0 Å².